The highest BCUT2D eigenvalue weighted by Gasteiger charge is 2.56. The quantitative estimate of drug-likeness (QED) is 0.574. The SMILES string of the molecule is Cc1cc(C)n2nc(C(=O)NC3CCC4(CC3)CCN(c3ccc(F)cc3Cl)[C@]4(C)O)cc2n1. The van der Waals surface area contributed by atoms with Crippen molar-refractivity contribution in [3.63, 3.8) is 0 Å². The largest absolute Gasteiger partial charge is 0.371 e. The molecule has 0 radical (unpaired) electrons. The van der Waals surface area contributed by atoms with Crippen LogP contribution in [0, 0.1) is 25.1 Å². The summed E-state index contributed by atoms with van der Waals surface area (Å²) in [6.07, 6.45) is 3.87. The van der Waals surface area contributed by atoms with Crippen LogP contribution in [0.1, 0.15) is 60.9 Å². The summed E-state index contributed by atoms with van der Waals surface area (Å²) in [5.74, 6) is -0.605. The number of aryl methyl sites for hydroxylation is 2. The van der Waals surface area contributed by atoms with Gasteiger partial charge in [-0.25, -0.2) is 13.9 Å². The number of hydrogen-bond acceptors (Lipinski definition) is 5. The number of benzene rings is 1. The van der Waals surface area contributed by atoms with E-state index in [1.54, 1.807) is 16.6 Å². The monoisotopic (exact) mass is 485 g/mol. The highest BCUT2D eigenvalue weighted by Crippen LogP contribution is 2.55. The van der Waals surface area contributed by atoms with Crippen LogP contribution in [0.5, 0.6) is 0 Å². The van der Waals surface area contributed by atoms with E-state index in [2.05, 4.69) is 15.4 Å². The average Bonchev–Trinajstić information content (AvgIpc) is 3.30. The Hall–Kier alpha value is -2.71. The predicted octanol–water partition coefficient (Wildman–Crippen LogP) is 4.42. The molecule has 2 N–H and O–H groups in total. The van der Waals surface area contributed by atoms with E-state index in [9.17, 15) is 14.3 Å². The third-order valence-electron chi connectivity index (χ3n) is 7.79. The number of aromatic nitrogens is 3. The normalized spacial score (nSPS) is 27.0. The summed E-state index contributed by atoms with van der Waals surface area (Å²) in [5.41, 5.74) is 2.04. The molecule has 34 heavy (non-hydrogen) atoms. The first-order valence-electron chi connectivity index (χ1n) is 11.7. The highest BCUT2D eigenvalue weighted by atomic mass is 35.5. The molecule has 1 amide bonds. The van der Waals surface area contributed by atoms with Gasteiger partial charge in [-0.3, -0.25) is 4.79 Å². The molecule has 1 aromatic carbocycles. The Morgan fingerprint density at radius 1 is 1.21 bits per heavy atom. The second kappa shape index (κ2) is 8.20. The van der Waals surface area contributed by atoms with Crippen molar-refractivity contribution in [2.24, 2.45) is 5.41 Å². The lowest BCUT2D eigenvalue weighted by molar-refractivity contribution is -0.0669. The minimum Gasteiger partial charge on any atom is -0.371 e. The van der Waals surface area contributed by atoms with Crippen LogP contribution in [0.2, 0.25) is 5.02 Å². The molecule has 1 saturated carbocycles. The fraction of sp³-hybridized carbons (Fsp3) is 0.480. The van der Waals surface area contributed by atoms with Crippen LogP contribution in [0.15, 0.2) is 30.3 Å². The van der Waals surface area contributed by atoms with E-state index >= 15 is 0 Å². The van der Waals surface area contributed by atoms with Gasteiger partial charge >= 0.3 is 0 Å². The number of carbonyl (C=O) groups excluding carboxylic acids is 1. The number of nitrogens with zero attached hydrogens (tertiary/aromatic N) is 4. The summed E-state index contributed by atoms with van der Waals surface area (Å²) in [7, 11) is 0. The maximum Gasteiger partial charge on any atom is 0.272 e. The Bertz CT molecular complexity index is 1270. The molecule has 0 bridgehead atoms. The molecule has 2 aromatic heterocycles. The van der Waals surface area contributed by atoms with Gasteiger partial charge < -0.3 is 15.3 Å². The first kappa shape index (κ1) is 23.1. The molecular weight excluding hydrogens is 457 g/mol. The number of nitrogens with one attached hydrogen (secondary N) is 1. The summed E-state index contributed by atoms with van der Waals surface area (Å²) in [6, 6.07) is 7.93. The van der Waals surface area contributed by atoms with E-state index in [4.69, 9.17) is 11.6 Å². The Kier molecular flexibility index (Phi) is 5.56. The van der Waals surface area contributed by atoms with E-state index in [1.165, 1.54) is 12.1 Å². The van der Waals surface area contributed by atoms with Crippen molar-refractivity contribution < 1.29 is 14.3 Å². The summed E-state index contributed by atoms with van der Waals surface area (Å²) in [4.78, 5) is 19.2. The van der Waals surface area contributed by atoms with Gasteiger partial charge in [0.15, 0.2) is 11.3 Å². The van der Waals surface area contributed by atoms with E-state index in [0.717, 1.165) is 43.5 Å². The minimum atomic E-state index is -1.12. The van der Waals surface area contributed by atoms with Crippen LogP contribution < -0.4 is 10.2 Å². The van der Waals surface area contributed by atoms with Crippen molar-refractivity contribution >= 4 is 28.8 Å². The molecule has 2 fully saturated rings. The van der Waals surface area contributed by atoms with E-state index in [1.807, 2.05) is 31.7 Å². The Balaban J connectivity index is 1.27. The lowest BCUT2D eigenvalue weighted by Crippen LogP contribution is -2.54. The fourth-order valence-corrected chi connectivity index (χ4v) is 6.09. The van der Waals surface area contributed by atoms with Crippen LogP contribution in [0.3, 0.4) is 0 Å². The zero-order chi connectivity index (χ0) is 24.3. The molecule has 3 heterocycles. The standard InChI is InChI=1S/C25H29ClFN5O2/c1-15-12-16(2)32-22(28-15)14-20(30-32)23(33)29-18-6-8-25(9-7-18)10-11-31(24(25,3)34)21-5-4-17(27)13-19(21)26/h4-5,12-14,18,34H,6-11H2,1-3H3,(H,29,33)/t18?,24-,25?/m1/s1. The van der Waals surface area contributed by atoms with Crippen molar-refractivity contribution in [2.75, 3.05) is 11.4 Å². The summed E-state index contributed by atoms with van der Waals surface area (Å²) >= 11 is 6.30. The number of aliphatic hydroxyl groups is 1. The number of hydrogen-bond donors (Lipinski definition) is 2. The van der Waals surface area contributed by atoms with Crippen molar-refractivity contribution in [3.05, 3.63) is 58.3 Å². The van der Waals surface area contributed by atoms with Crippen LogP contribution in [0.4, 0.5) is 10.1 Å². The van der Waals surface area contributed by atoms with E-state index in [-0.39, 0.29) is 17.4 Å². The number of fused-ring (bicyclic) bond motifs is 1. The van der Waals surface area contributed by atoms with Gasteiger partial charge in [0, 0.05) is 35.5 Å². The molecular formula is C25H29ClFN5O2. The first-order chi connectivity index (χ1) is 16.1. The number of amides is 1. The van der Waals surface area contributed by atoms with Gasteiger partial charge in [-0.2, -0.15) is 5.10 Å². The van der Waals surface area contributed by atoms with Crippen molar-refractivity contribution in [1.29, 1.82) is 0 Å². The second-order valence-electron chi connectivity index (χ2n) is 9.88. The van der Waals surface area contributed by atoms with Gasteiger partial charge in [-0.05, 0) is 77.1 Å². The third-order valence-corrected chi connectivity index (χ3v) is 8.09. The summed E-state index contributed by atoms with van der Waals surface area (Å²) in [6.45, 7) is 6.32. The highest BCUT2D eigenvalue weighted by molar-refractivity contribution is 6.33. The van der Waals surface area contributed by atoms with E-state index < -0.39 is 11.5 Å². The molecule has 7 nitrogen and oxygen atoms in total. The number of anilines is 1. The van der Waals surface area contributed by atoms with E-state index in [0.29, 0.717) is 28.6 Å². The van der Waals surface area contributed by atoms with Crippen LogP contribution in [-0.4, -0.2) is 43.9 Å². The molecule has 1 saturated heterocycles. The molecule has 1 spiro atoms. The molecule has 9 heteroatoms. The first-order valence-corrected chi connectivity index (χ1v) is 12.1. The van der Waals surface area contributed by atoms with Crippen LogP contribution in [-0.2, 0) is 0 Å². The summed E-state index contributed by atoms with van der Waals surface area (Å²) in [5, 5.41) is 19.5. The summed E-state index contributed by atoms with van der Waals surface area (Å²) < 4.78 is 15.2. The van der Waals surface area contributed by atoms with Gasteiger partial charge in [-0.1, -0.05) is 11.6 Å². The molecule has 5 rings (SSSR count). The molecule has 0 unspecified atom stereocenters. The Morgan fingerprint density at radius 2 is 1.94 bits per heavy atom. The minimum absolute atomic E-state index is 0.0120. The predicted molar refractivity (Wildman–Crippen MR) is 129 cm³/mol. The lowest BCUT2D eigenvalue weighted by Gasteiger charge is -2.48. The number of carbonyl (C=O) groups is 1. The molecule has 1 atom stereocenters. The average molecular weight is 486 g/mol. The van der Waals surface area contributed by atoms with Gasteiger partial charge in [0.25, 0.3) is 5.91 Å². The topological polar surface area (TPSA) is 82.8 Å². The smallest absolute Gasteiger partial charge is 0.272 e. The molecule has 2 aliphatic rings. The number of rotatable bonds is 3. The maximum atomic E-state index is 13.5. The van der Waals surface area contributed by atoms with Crippen molar-refractivity contribution in [3.8, 4) is 0 Å². The van der Waals surface area contributed by atoms with Gasteiger partial charge in [0.2, 0.25) is 0 Å². The lowest BCUT2D eigenvalue weighted by atomic mass is 9.66. The van der Waals surface area contributed by atoms with Gasteiger partial charge in [0.05, 0.1) is 10.7 Å². The zero-order valence-electron chi connectivity index (χ0n) is 19.6. The van der Waals surface area contributed by atoms with Crippen molar-refractivity contribution in [1.82, 2.24) is 19.9 Å². The van der Waals surface area contributed by atoms with Gasteiger partial charge in [0.1, 0.15) is 11.5 Å². The molecule has 3 aromatic rings. The zero-order valence-corrected chi connectivity index (χ0v) is 20.4. The molecule has 1 aliphatic heterocycles. The third kappa shape index (κ3) is 3.73. The van der Waals surface area contributed by atoms with Crippen LogP contribution >= 0.6 is 11.6 Å². The molecule has 1 aliphatic carbocycles. The maximum absolute atomic E-state index is 13.5. The second-order valence-corrected chi connectivity index (χ2v) is 10.3. The Labute approximate surface area is 202 Å². The van der Waals surface area contributed by atoms with Gasteiger partial charge in [-0.15, -0.1) is 0 Å². The van der Waals surface area contributed by atoms with Crippen LogP contribution in [0.25, 0.3) is 5.65 Å². The Morgan fingerprint density at radius 3 is 2.65 bits per heavy atom. The fourth-order valence-electron chi connectivity index (χ4n) is 5.82. The number of halogens is 2. The van der Waals surface area contributed by atoms with Crippen molar-refractivity contribution in [2.45, 2.75) is 64.6 Å². The molecule has 180 valence electrons.